The molecule has 6 nitrogen and oxygen atoms in total. The minimum absolute atomic E-state index is 0.340. The van der Waals surface area contributed by atoms with E-state index in [9.17, 15) is 0 Å². The Kier molecular flexibility index (Phi) is 4.12. The van der Waals surface area contributed by atoms with Crippen LogP contribution in [0.25, 0.3) is 0 Å². The molecule has 116 valence electrons. The number of piperidine rings is 2. The Morgan fingerprint density at radius 2 is 1.52 bits per heavy atom. The zero-order valence-corrected chi connectivity index (χ0v) is 13.1. The number of hydrogen-bond donors (Lipinski definition) is 1. The normalized spacial score (nSPS) is 27.0. The maximum absolute atomic E-state index is 5.92. The number of nitrogen functional groups attached to an aromatic ring is 1. The van der Waals surface area contributed by atoms with Gasteiger partial charge in [-0.05, 0) is 37.5 Å². The maximum atomic E-state index is 5.92. The Morgan fingerprint density at radius 3 is 2.19 bits per heavy atom. The second kappa shape index (κ2) is 6.03. The Labute approximate surface area is 126 Å². The lowest BCUT2D eigenvalue weighted by molar-refractivity contribution is 0.321. The van der Waals surface area contributed by atoms with Crippen LogP contribution in [-0.2, 0) is 0 Å². The molecule has 3 heterocycles. The molecule has 1 aromatic rings. The number of nitrogens with two attached hydrogens (primary N) is 1. The average molecular weight is 290 g/mol. The summed E-state index contributed by atoms with van der Waals surface area (Å²) in [6.45, 7) is 8.68. The van der Waals surface area contributed by atoms with Crippen molar-refractivity contribution in [3.05, 3.63) is 0 Å². The Morgan fingerprint density at radius 1 is 0.857 bits per heavy atom. The van der Waals surface area contributed by atoms with E-state index in [0.29, 0.717) is 11.9 Å². The summed E-state index contributed by atoms with van der Waals surface area (Å²) in [5.74, 6) is 3.27. The van der Waals surface area contributed by atoms with Gasteiger partial charge in [-0.15, -0.1) is 0 Å². The minimum Gasteiger partial charge on any atom is -0.368 e. The number of rotatable bonds is 2. The standard InChI is InChI=1S/C15H26N6/c1-11-6-9-21(10-12(11)2)15-18-13(16)17-14(19-15)20-7-4-3-5-8-20/h11-12H,3-10H2,1-2H3,(H2,16,17,18,19). The van der Waals surface area contributed by atoms with Crippen LogP contribution in [0.15, 0.2) is 0 Å². The Hall–Kier alpha value is -1.59. The van der Waals surface area contributed by atoms with Crippen molar-refractivity contribution in [1.82, 2.24) is 15.0 Å². The van der Waals surface area contributed by atoms with Crippen LogP contribution in [0.3, 0.4) is 0 Å². The van der Waals surface area contributed by atoms with Crippen LogP contribution in [0.5, 0.6) is 0 Å². The van der Waals surface area contributed by atoms with Gasteiger partial charge in [0.1, 0.15) is 0 Å². The van der Waals surface area contributed by atoms with Crippen LogP contribution in [-0.4, -0.2) is 41.1 Å². The molecule has 0 amide bonds. The second-order valence-corrected chi connectivity index (χ2v) is 6.53. The number of nitrogens with zero attached hydrogens (tertiary/aromatic N) is 5. The van der Waals surface area contributed by atoms with Gasteiger partial charge in [-0.2, -0.15) is 15.0 Å². The first-order valence-electron chi connectivity index (χ1n) is 8.15. The van der Waals surface area contributed by atoms with Crippen molar-refractivity contribution in [3.63, 3.8) is 0 Å². The monoisotopic (exact) mass is 290 g/mol. The zero-order chi connectivity index (χ0) is 14.8. The molecule has 2 unspecified atom stereocenters. The molecule has 0 spiro atoms. The topological polar surface area (TPSA) is 71.2 Å². The SMILES string of the molecule is CC1CCN(c2nc(N)nc(N3CCCCC3)n2)CC1C. The van der Waals surface area contributed by atoms with E-state index in [0.717, 1.165) is 44.0 Å². The van der Waals surface area contributed by atoms with Gasteiger partial charge in [0.25, 0.3) is 0 Å². The number of hydrogen-bond acceptors (Lipinski definition) is 6. The fourth-order valence-corrected chi connectivity index (χ4v) is 3.19. The predicted molar refractivity (Wildman–Crippen MR) is 85.5 cm³/mol. The highest BCUT2D eigenvalue weighted by Gasteiger charge is 2.25. The van der Waals surface area contributed by atoms with Crippen molar-refractivity contribution in [3.8, 4) is 0 Å². The first-order valence-corrected chi connectivity index (χ1v) is 8.15. The molecule has 2 N–H and O–H groups in total. The van der Waals surface area contributed by atoms with Crippen molar-refractivity contribution in [2.45, 2.75) is 39.5 Å². The van der Waals surface area contributed by atoms with Crippen LogP contribution in [0.2, 0.25) is 0 Å². The molecule has 3 rings (SSSR count). The Balaban J connectivity index is 1.80. The molecule has 0 saturated carbocycles. The van der Waals surface area contributed by atoms with E-state index < -0.39 is 0 Å². The summed E-state index contributed by atoms with van der Waals surface area (Å²) in [5, 5.41) is 0. The molecule has 2 saturated heterocycles. The molecule has 0 radical (unpaired) electrons. The first kappa shape index (κ1) is 14.4. The van der Waals surface area contributed by atoms with Crippen molar-refractivity contribution >= 4 is 17.8 Å². The summed E-state index contributed by atoms with van der Waals surface area (Å²) in [7, 11) is 0. The van der Waals surface area contributed by atoms with Gasteiger partial charge in [0.2, 0.25) is 17.8 Å². The van der Waals surface area contributed by atoms with Crippen molar-refractivity contribution < 1.29 is 0 Å². The lowest BCUT2D eigenvalue weighted by atomic mass is 9.89. The molecule has 2 atom stereocenters. The summed E-state index contributed by atoms with van der Waals surface area (Å²) in [6.07, 6.45) is 4.90. The molecule has 2 aliphatic rings. The fraction of sp³-hybridized carbons (Fsp3) is 0.800. The molecule has 21 heavy (non-hydrogen) atoms. The summed E-state index contributed by atoms with van der Waals surface area (Å²) < 4.78 is 0. The van der Waals surface area contributed by atoms with Gasteiger partial charge in [-0.25, -0.2) is 0 Å². The third-order valence-electron chi connectivity index (χ3n) is 4.88. The molecular formula is C15H26N6. The van der Waals surface area contributed by atoms with Gasteiger partial charge in [0.05, 0.1) is 0 Å². The number of anilines is 3. The molecule has 2 aliphatic heterocycles. The van der Waals surface area contributed by atoms with Gasteiger partial charge in [0.15, 0.2) is 0 Å². The van der Waals surface area contributed by atoms with E-state index in [4.69, 9.17) is 10.7 Å². The van der Waals surface area contributed by atoms with Gasteiger partial charge in [0, 0.05) is 26.2 Å². The summed E-state index contributed by atoms with van der Waals surface area (Å²) in [5.41, 5.74) is 5.92. The number of aromatic nitrogens is 3. The lowest BCUT2D eigenvalue weighted by Gasteiger charge is -2.35. The van der Waals surface area contributed by atoms with Crippen molar-refractivity contribution in [1.29, 1.82) is 0 Å². The smallest absolute Gasteiger partial charge is 0.231 e. The molecule has 0 aromatic carbocycles. The van der Waals surface area contributed by atoms with Crippen LogP contribution < -0.4 is 15.5 Å². The van der Waals surface area contributed by atoms with Gasteiger partial charge in [-0.3, -0.25) is 0 Å². The molecule has 1 aromatic heterocycles. The van der Waals surface area contributed by atoms with E-state index >= 15 is 0 Å². The van der Waals surface area contributed by atoms with Gasteiger partial charge >= 0.3 is 0 Å². The highest BCUT2D eigenvalue weighted by atomic mass is 15.4. The van der Waals surface area contributed by atoms with Crippen LogP contribution >= 0.6 is 0 Å². The van der Waals surface area contributed by atoms with Gasteiger partial charge < -0.3 is 15.5 Å². The van der Waals surface area contributed by atoms with E-state index in [2.05, 4.69) is 33.6 Å². The van der Waals surface area contributed by atoms with Gasteiger partial charge in [-0.1, -0.05) is 13.8 Å². The quantitative estimate of drug-likeness (QED) is 0.897. The third-order valence-corrected chi connectivity index (χ3v) is 4.88. The highest BCUT2D eigenvalue weighted by Crippen LogP contribution is 2.26. The van der Waals surface area contributed by atoms with Crippen molar-refractivity contribution in [2.75, 3.05) is 41.7 Å². The molecule has 0 bridgehead atoms. The highest BCUT2D eigenvalue weighted by molar-refractivity contribution is 5.44. The molecule has 0 aliphatic carbocycles. The summed E-state index contributed by atoms with van der Waals surface area (Å²) >= 11 is 0. The predicted octanol–water partition coefficient (Wildman–Crippen LogP) is 1.93. The molecule has 6 heteroatoms. The summed E-state index contributed by atoms with van der Waals surface area (Å²) in [4.78, 5) is 17.9. The first-order chi connectivity index (χ1) is 10.1. The molecular weight excluding hydrogens is 264 g/mol. The van der Waals surface area contributed by atoms with E-state index in [1.165, 1.54) is 25.7 Å². The summed E-state index contributed by atoms with van der Waals surface area (Å²) in [6, 6.07) is 0. The second-order valence-electron chi connectivity index (χ2n) is 6.53. The average Bonchev–Trinajstić information content (AvgIpc) is 2.50. The van der Waals surface area contributed by atoms with Crippen LogP contribution in [0.1, 0.15) is 39.5 Å². The van der Waals surface area contributed by atoms with Crippen molar-refractivity contribution in [2.24, 2.45) is 11.8 Å². The van der Waals surface area contributed by atoms with E-state index in [-0.39, 0.29) is 0 Å². The largest absolute Gasteiger partial charge is 0.368 e. The van der Waals surface area contributed by atoms with Crippen LogP contribution in [0, 0.1) is 11.8 Å². The van der Waals surface area contributed by atoms with E-state index in [1.807, 2.05) is 0 Å². The zero-order valence-electron chi connectivity index (χ0n) is 13.1. The molecule has 2 fully saturated rings. The van der Waals surface area contributed by atoms with E-state index in [1.54, 1.807) is 0 Å². The fourth-order valence-electron chi connectivity index (χ4n) is 3.19. The third kappa shape index (κ3) is 3.19. The Bertz CT molecular complexity index is 485. The van der Waals surface area contributed by atoms with Crippen LogP contribution in [0.4, 0.5) is 17.8 Å². The lowest BCUT2D eigenvalue weighted by Crippen LogP contribution is -2.40. The maximum Gasteiger partial charge on any atom is 0.231 e. The minimum atomic E-state index is 0.340.